The molecule has 2 aromatic carbocycles. The van der Waals surface area contributed by atoms with E-state index in [0.717, 1.165) is 10.6 Å². The van der Waals surface area contributed by atoms with Crippen molar-refractivity contribution in [2.24, 2.45) is 0 Å². The second-order valence-electron chi connectivity index (χ2n) is 8.07. The highest BCUT2D eigenvalue weighted by Gasteiger charge is 2.30. The van der Waals surface area contributed by atoms with Crippen LogP contribution < -0.4 is 14.4 Å². The number of methoxy groups -OCH3 is 1. The Hall–Kier alpha value is -2.49. The molecule has 0 saturated heterocycles. The highest BCUT2D eigenvalue weighted by atomic mass is 35.5. The van der Waals surface area contributed by atoms with Gasteiger partial charge in [-0.2, -0.15) is 0 Å². The van der Waals surface area contributed by atoms with Gasteiger partial charge in [0.25, 0.3) is 0 Å². The van der Waals surface area contributed by atoms with E-state index in [0.29, 0.717) is 21.4 Å². The lowest BCUT2D eigenvalue weighted by Crippen LogP contribution is -2.52. The van der Waals surface area contributed by atoms with Crippen molar-refractivity contribution in [1.29, 1.82) is 0 Å². The molecule has 0 aliphatic heterocycles. The molecule has 11 heteroatoms. The summed E-state index contributed by atoms with van der Waals surface area (Å²) in [5, 5.41) is 3.54. The van der Waals surface area contributed by atoms with Crippen LogP contribution in [0, 0.1) is 0 Å². The first kappa shape index (κ1) is 27.8. The van der Waals surface area contributed by atoms with Gasteiger partial charge in [0.2, 0.25) is 21.8 Å². The summed E-state index contributed by atoms with van der Waals surface area (Å²) in [6, 6.07) is 10.2. The van der Waals surface area contributed by atoms with Gasteiger partial charge in [-0.15, -0.1) is 0 Å². The molecule has 0 bridgehead atoms. The quantitative estimate of drug-likeness (QED) is 0.506. The van der Waals surface area contributed by atoms with Crippen LogP contribution in [0.4, 0.5) is 5.69 Å². The lowest BCUT2D eigenvalue weighted by atomic mass is 10.1. The third kappa shape index (κ3) is 7.51. The molecule has 186 valence electrons. The number of rotatable bonds is 10. The summed E-state index contributed by atoms with van der Waals surface area (Å²) in [6.45, 7) is 4.66. The zero-order chi connectivity index (χ0) is 25.6. The zero-order valence-electron chi connectivity index (χ0n) is 19.7. The van der Waals surface area contributed by atoms with E-state index in [1.165, 1.54) is 18.1 Å². The number of hydrogen-bond acceptors (Lipinski definition) is 5. The Morgan fingerprint density at radius 1 is 1.09 bits per heavy atom. The van der Waals surface area contributed by atoms with Crippen LogP contribution in [-0.4, -0.2) is 57.1 Å². The van der Waals surface area contributed by atoms with E-state index >= 15 is 0 Å². The van der Waals surface area contributed by atoms with E-state index in [2.05, 4.69) is 5.32 Å². The number of benzene rings is 2. The fourth-order valence-corrected chi connectivity index (χ4v) is 4.51. The van der Waals surface area contributed by atoms with Crippen molar-refractivity contribution in [2.75, 3.05) is 24.2 Å². The van der Waals surface area contributed by atoms with Crippen molar-refractivity contribution >= 4 is 50.7 Å². The van der Waals surface area contributed by atoms with Gasteiger partial charge in [-0.3, -0.25) is 13.9 Å². The van der Waals surface area contributed by atoms with E-state index in [4.69, 9.17) is 27.9 Å². The minimum atomic E-state index is -3.84. The van der Waals surface area contributed by atoms with Crippen molar-refractivity contribution in [3.63, 3.8) is 0 Å². The Kier molecular flexibility index (Phi) is 9.61. The van der Waals surface area contributed by atoms with E-state index in [-0.39, 0.29) is 24.2 Å². The smallest absolute Gasteiger partial charge is 0.244 e. The predicted octanol–water partition coefficient (Wildman–Crippen LogP) is 3.71. The molecular weight excluding hydrogens is 501 g/mol. The van der Waals surface area contributed by atoms with E-state index < -0.39 is 28.5 Å². The molecule has 0 radical (unpaired) electrons. The molecule has 0 spiro atoms. The van der Waals surface area contributed by atoms with Crippen LogP contribution in [0.25, 0.3) is 0 Å². The summed E-state index contributed by atoms with van der Waals surface area (Å²) in [6.07, 6.45) is 1.01. The predicted molar refractivity (Wildman–Crippen MR) is 135 cm³/mol. The average molecular weight is 530 g/mol. The van der Waals surface area contributed by atoms with Gasteiger partial charge < -0.3 is 15.0 Å². The van der Waals surface area contributed by atoms with Crippen molar-refractivity contribution in [2.45, 2.75) is 39.4 Å². The molecule has 34 heavy (non-hydrogen) atoms. The first-order valence-electron chi connectivity index (χ1n) is 10.5. The number of anilines is 1. The van der Waals surface area contributed by atoms with Crippen molar-refractivity contribution in [3.8, 4) is 5.75 Å². The molecule has 0 aliphatic carbocycles. The highest BCUT2D eigenvalue weighted by Crippen LogP contribution is 2.25. The number of sulfonamides is 1. The van der Waals surface area contributed by atoms with Crippen molar-refractivity contribution in [1.82, 2.24) is 10.2 Å². The second-order valence-corrected chi connectivity index (χ2v) is 10.8. The van der Waals surface area contributed by atoms with Crippen LogP contribution >= 0.6 is 23.2 Å². The summed E-state index contributed by atoms with van der Waals surface area (Å²) >= 11 is 12.3. The standard InChI is InChI=1S/C23H29Cl2N3O5S/c1-15(2)26-23(30)16(3)27(13-17-9-10-18(24)11-21(17)25)22(29)14-28(34(5,31)32)19-7-6-8-20(12-19)33-4/h6-12,15-16H,13-14H2,1-5H3,(H,26,30). The molecule has 8 nitrogen and oxygen atoms in total. The number of halogens is 2. The fraction of sp³-hybridized carbons (Fsp3) is 0.391. The zero-order valence-corrected chi connectivity index (χ0v) is 22.0. The average Bonchev–Trinajstić information content (AvgIpc) is 2.75. The number of carbonyl (C=O) groups is 2. The molecule has 0 saturated carbocycles. The van der Waals surface area contributed by atoms with Crippen LogP contribution in [0.15, 0.2) is 42.5 Å². The molecule has 0 aromatic heterocycles. The summed E-state index contributed by atoms with van der Waals surface area (Å²) in [5.41, 5.74) is 0.829. The maximum Gasteiger partial charge on any atom is 0.244 e. The number of ether oxygens (including phenoxy) is 1. The van der Waals surface area contributed by atoms with Crippen LogP contribution in [0.2, 0.25) is 10.0 Å². The molecule has 0 heterocycles. The Morgan fingerprint density at radius 3 is 2.32 bits per heavy atom. The molecule has 2 aromatic rings. The molecule has 2 rings (SSSR count). The van der Waals surface area contributed by atoms with Crippen LogP contribution in [0.3, 0.4) is 0 Å². The summed E-state index contributed by atoms with van der Waals surface area (Å²) in [4.78, 5) is 27.5. The molecule has 2 amide bonds. The Labute approximate surface area is 210 Å². The minimum absolute atomic E-state index is 0.0166. The van der Waals surface area contributed by atoms with Crippen LogP contribution in [0.5, 0.6) is 5.75 Å². The third-order valence-corrected chi connectivity index (χ3v) is 6.70. The number of nitrogens with one attached hydrogen (secondary N) is 1. The number of amides is 2. The Balaban J connectivity index is 2.44. The van der Waals surface area contributed by atoms with E-state index in [9.17, 15) is 18.0 Å². The number of hydrogen-bond donors (Lipinski definition) is 1. The number of carbonyl (C=O) groups excluding carboxylic acids is 2. The first-order chi connectivity index (χ1) is 15.8. The number of nitrogens with zero attached hydrogens (tertiary/aromatic N) is 2. The highest BCUT2D eigenvalue weighted by molar-refractivity contribution is 7.92. The first-order valence-corrected chi connectivity index (χ1v) is 13.1. The minimum Gasteiger partial charge on any atom is -0.497 e. The lowest BCUT2D eigenvalue weighted by Gasteiger charge is -2.32. The Morgan fingerprint density at radius 2 is 1.76 bits per heavy atom. The fourth-order valence-electron chi connectivity index (χ4n) is 3.20. The second kappa shape index (κ2) is 11.8. The maximum atomic E-state index is 13.5. The summed E-state index contributed by atoms with van der Waals surface area (Å²) in [5.74, 6) is -0.514. The van der Waals surface area contributed by atoms with Gasteiger partial charge in [0.1, 0.15) is 18.3 Å². The molecule has 1 atom stereocenters. The van der Waals surface area contributed by atoms with Crippen LogP contribution in [-0.2, 0) is 26.2 Å². The molecule has 1 unspecified atom stereocenters. The van der Waals surface area contributed by atoms with Gasteiger partial charge in [0, 0.05) is 28.7 Å². The van der Waals surface area contributed by atoms with Gasteiger partial charge in [-0.05, 0) is 50.6 Å². The summed E-state index contributed by atoms with van der Waals surface area (Å²) in [7, 11) is -2.38. The van der Waals surface area contributed by atoms with Crippen LogP contribution in [0.1, 0.15) is 26.3 Å². The van der Waals surface area contributed by atoms with Gasteiger partial charge in [0.15, 0.2) is 0 Å². The molecule has 0 fully saturated rings. The van der Waals surface area contributed by atoms with Gasteiger partial charge in [-0.1, -0.05) is 35.3 Å². The lowest BCUT2D eigenvalue weighted by molar-refractivity contribution is -0.139. The SMILES string of the molecule is COc1cccc(N(CC(=O)N(Cc2ccc(Cl)cc2Cl)C(C)C(=O)NC(C)C)S(C)(=O)=O)c1. The normalized spacial score (nSPS) is 12.2. The van der Waals surface area contributed by atoms with Gasteiger partial charge in [0.05, 0.1) is 19.1 Å². The topological polar surface area (TPSA) is 96.0 Å². The Bertz CT molecular complexity index is 1140. The van der Waals surface area contributed by atoms with E-state index in [1.807, 2.05) is 0 Å². The molecular formula is C23H29Cl2N3O5S. The van der Waals surface area contributed by atoms with Gasteiger partial charge >= 0.3 is 0 Å². The molecule has 0 aliphatic rings. The van der Waals surface area contributed by atoms with E-state index in [1.54, 1.807) is 57.2 Å². The summed E-state index contributed by atoms with van der Waals surface area (Å²) < 4.78 is 31.3. The largest absolute Gasteiger partial charge is 0.497 e. The monoisotopic (exact) mass is 529 g/mol. The van der Waals surface area contributed by atoms with Gasteiger partial charge in [-0.25, -0.2) is 8.42 Å². The molecule has 1 N–H and O–H groups in total. The maximum absolute atomic E-state index is 13.5. The van der Waals surface area contributed by atoms with Crippen molar-refractivity contribution < 1.29 is 22.7 Å². The van der Waals surface area contributed by atoms with Crippen molar-refractivity contribution in [3.05, 3.63) is 58.1 Å². The third-order valence-electron chi connectivity index (χ3n) is 4.97.